The number of nitrogens with zero attached hydrogens (tertiary/aromatic N) is 6. The maximum atomic E-state index is 14.5. The van der Waals surface area contributed by atoms with Crippen molar-refractivity contribution in [2.24, 2.45) is 7.05 Å². The molecule has 1 N–H and O–H groups in total. The molecule has 2 aromatic carbocycles. The smallest absolute Gasteiger partial charge is 0.324 e. The van der Waals surface area contributed by atoms with Gasteiger partial charge in [0.2, 0.25) is 5.95 Å². The SMILES string of the molecule is Cn1cc2cc(Nc3nc(=O)n(Cc4cscn4)c(=O)n3Cc3cc(F)c(F)cc3F)c(Cl)cc2n1. The van der Waals surface area contributed by atoms with Crippen LogP contribution in [0.4, 0.5) is 24.8 Å². The minimum absolute atomic E-state index is 0.183. The molecule has 3 heterocycles. The molecule has 0 unspecified atom stereocenters. The Morgan fingerprint density at radius 1 is 1.03 bits per heavy atom. The molecule has 0 saturated heterocycles. The lowest BCUT2D eigenvalue weighted by atomic mass is 10.2. The van der Waals surface area contributed by atoms with E-state index in [0.717, 1.165) is 9.13 Å². The van der Waals surface area contributed by atoms with Crippen LogP contribution >= 0.6 is 22.9 Å². The molecule has 9 nitrogen and oxygen atoms in total. The third-order valence-corrected chi connectivity index (χ3v) is 6.27. The summed E-state index contributed by atoms with van der Waals surface area (Å²) in [6, 6.07) is 4.25. The summed E-state index contributed by atoms with van der Waals surface area (Å²) in [5.74, 6) is -4.00. The van der Waals surface area contributed by atoms with Gasteiger partial charge in [0.15, 0.2) is 11.6 Å². The van der Waals surface area contributed by atoms with E-state index in [-0.39, 0.29) is 23.1 Å². The van der Waals surface area contributed by atoms with Gasteiger partial charge in [-0.15, -0.1) is 11.3 Å². The number of rotatable bonds is 6. The number of anilines is 2. The van der Waals surface area contributed by atoms with Gasteiger partial charge in [0.05, 0.1) is 40.5 Å². The molecule has 0 aliphatic rings. The number of hydrogen-bond acceptors (Lipinski definition) is 7. The van der Waals surface area contributed by atoms with Crippen molar-refractivity contribution in [3.8, 4) is 0 Å². The molecular formula is C22H15ClF3N7O2S. The molecule has 184 valence electrons. The summed E-state index contributed by atoms with van der Waals surface area (Å²) in [6.07, 6.45) is 1.74. The fraction of sp³-hybridized carbons (Fsp3) is 0.136. The summed E-state index contributed by atoms with van der Waals surface area (Å²) in [7, 11) is 1.73. The van der Waals surface area contributed by atoms with E-state index in [1.807, 2.05) is 0 Å². The normalized spacial score (nSPS) is 11.4. The van der Waals surface area contributed by atoms with Gasteiger partial charge in [-0.1, -0.05) is 11.6 Å². The second kappa shape index (κ2) is 9.24. The van der Waals surface area contributed by atoms with Gasteiger partial charge in [-0.3, -0.25) is 9.25 Å². The number of aryl methyl sites for hydroxylation is 1. The molecule has 0 aliphatic heterocycles. The lowest BCUT2D eigenvalue weighted by Crippen LogP contribution is -2.43. The zero-order chi connectivity index (χ0) is 25.6. The lowest BCUT2D eigenvalue weighted by Gasteiger charge is -2.16. The van der Waals surface area contributed by atoms with Gasteiger partial charge in [-0.25, -0.2) is 32.3 Å². The minimum atomic E-state index is -1.37. The van der Waals surface area contributed by atoms with E-state index in [1.165, 1.54) is 16.8 Å². The van der Waals surface area contributed by atoms with Gasteiger partial charge >= 0.3 is 11.4 Å². The number of benzene rings is 2. The van der Waals surface area contributed by atoms with Gasteiger partial charge in [0, 0.05) is 35.6 Å². The minimum Gasteiger partial charge on any atom is -0.324 e. The van der Waals surface area contributed by atoms with Crippen LogP contribution in [0.25, 0.3) is 10.9 Å². The molecule has 0 aliphatic carbocycles. The first kappa shape index (κ1) is 23.8. The van der Waals surface area contributed by atoms with E-state index >= 15 is 0 Å². The lowest BCUT2D eigenvalue weighted by molar-refractivity contribution is 0.485. The predicted molar refractivity (Wildman–Crippen MR) is 128 cm³/mol. The molecule has 0 saturated carbocycles. The van der Waals surface area contributed by atoms with Gasteiger partial charge in [-0.05, 0) is 18.2 Å². The number of nitrogens with one attached hydrogen (secondary N) is 1. The van der Waals surface area contributed by atoms with E-state index < -0.39 is 35.4 Å². The van der Waals surface area contributed by atoms with Crippen molar-refractivity contribution in [1.82, 2.24) is 28.9 Å². The third-order valence-electron chi connectivity index (χ3n) is 5.33. The molecule has 0 radical (unpaired) electrons. The van der Waals surface area contributed by atoms with Crippen molar-refractivity contribution in [1.29, 1.82) is 0 Å². The van der Waals surface area contributed by atoms with Crippen LogP contribution in [-0.4, -0.2) is 28.9 Å². The maximum Gasteiger partial charge on any atom is 0.355 e. The second-order valence-corrected chi connectivity index (χ2v) is 8.95. The molecule has 0 bridgehead atoms. The summed E-state index contributed by atoms with van der Waals surface area (Å²) < 4.78 is 45.1. The molecule has 0 fully saturated rings. The molecule has 0 atom stereocenters. The van der Waals surface area contributed by atoms with Crippen LogP contribution in [0.1, 0.15) is 11.3 Å². The first-order valence-electron chi connectivity index (χ1n) is 10.3. The topological polar surface area (TPSA) is 99.6 Å². The van der Waals surface area contributed by atoms with E-state index in [0.29, 0.717) is 34.4 Å². The number of thiazole rings is 1. The molecule has 5 rings (SSSR count). The highest BCUT2D eigenvalue weighted by molar-refractivity contribution is 7.07. The number of hydrogen-bond donors (Lipinski definition) is 1. The maximum absolute atomic E-state index is 14.5. The van der Waals surface area contributed by atoms with Crippen molar-refractivity contribution >= 4 is 45.5 Å². The van der Waals surface area contributed by atoms with Crippen molar-refractivity contribution in [3.63, 3.8) is 0 Å². The zero-order valence-corrected chi connectivity index (χ0v) is 19.9. The highest BCUT2D eigenvalue weighted by Gasteiger charge is 2.19. The summed E-state index contributed by atoms with van der Waals surface area (Å²) in [4.78, 5) is 34.2. The fourth-order valence-corrected chi connectivity index (χ4v) is 4.38. The Kier molecular flexibility index (Phi) is 6.10. The predicted octanol–water partition coefficient (Wildman–Crippen LogP) is 3.66. The third kappa shape index (κ3) is 4.50. The Hall–Kier alpha value is -3.97. The highest BCUT2D eigenvalue weighted by Crippen LogP contribution is 2.29. The number of aromatic nitrogens is 6. The quantitative estimate of drug-likeness (QED) is 0.334. The largest absolute Gasteiger partial charge is 0.355 e. The van der Waals surface area contributed by atoms with Gasteiger partial charge in [0.1, 0.15) is 5.82 Å². The molecule has 14 heteroatoms. The first-order valence-corrected chi connectivity index (χ1v) is 11.6. The van der Waals surface area contributed by atoms with Crippen molar-refractivity contribution < 1.29 is 13.2 Å². The Morgan fingerprint density at radius 3 is 2.56 bits per heavy atom. The van der Waals surface area contributed by atoms with E-state index in [2.05, 4.69) is 20.4 Å². The Balaban J connectivity index is 1.65. The van der Waals surface area contributed by atoms with E-state index in [4.69, 9.17) is 11.6 Å². The van der Waals surface area contributed by atoms with Crippen LogP contribution in [0.15, 0.2) is 50.9 Å². The molecule has 0 amide bonds. The van der Waals surface area contributed by atoms with E-state index in [9.17, 15) is 22.8 Å². The van der Waals surface area contributed by atoms with Crippen LogP contribution in [0, 0.1) is 17.5 Å². The average molecular weight is 534 g/mol. The molecule has 5 aromatic rings. The Bertz CT molecular complexity index is 1730. The number of fused-ring (bicyclic) bond motifs is 1. The molecular weight excluding hydrogens is 519 g/mol. The summed E-state index contributed by atoms with van der Waals surface area (Å²) >= 11 is 7.65. The molecule has 36 heavy (non-hydrogen) atoms. The van der Waals surface area contributed by atoms with Crippen molar-refractivity contribution in [2.45, 2.75) is 13.1 Å². The summed E-state index contributed by atoms with van der Waals surface area (Å²) in [5, 5.41) is 9.68. The van der Waals surface area contributed by atoms with Gasteiger partial charge in [-0.2, -0.15) is 10.1 Å². The van der Waals surface area contributed by atoms with Crippen LogP contribution in [-0.2, 0) is 20.1 Å². The average Bonchev–Trinajstić information content (AvgIpc) is 3.46. The zero-order valence-electron chi connectivity index (χ0n) is 18.4. The van der Waals surface area contributed by atoms with Crippen molar-refractivity contribution in [2.75, 3.05) is 5.32 Å². The molecule has 3 aromatic heterocycles. The van der Waals surface area contributed by atoms with Crippen molar-refractivity contribution in [3.05, 3.63) is 96.1 Å². The Labute approximate surface area is 209 Å². The fourth-order valence-electron chi connectivity index (χ4n) is 3.62. The number of halogens is 4. The van der Waals surface area contributed by atoms with Gasteiger partial charge in [0.25, 0.3) is 0 Å². The molecule has 0 spiro atoms. The summed E-state index contributed by atoms with van der Waals surface area (Å²) in [5.41, 5.74) is 0.798. The van der Waals surface area contributed by atoms with Crippen LogP contribution in [0.5, 0.6) is 0 Å². The standard InChI is InChI=1S/C22H15ClF3N7O2S/c1-31-6-12-3-19(14(23)4-18(12)30-31)28-20-29-21(34)33(8-13-9-36-10-27-13)22(35)32(20)7-11-2-16(25)17(26)5-15(11)24/h2-6,9-10H,7-8H2,1H3,(H,28,29,34). The highest BCUT2D eigenvalue weighted by atomic mass is 35.5. The van der Waals surface area contributed by atoms with Crippen LogP contribution < -0.4 is 16.7 Å². The monoisotopic (exact) mass is 533 g/mol. The van der Waals surface area contributed by atoms with E-state index in [1.54, 1.807) is 35.4 Å². The Morgan fingerprint density at radius 2 is 1.81 bits per heavy atom. The summed E-state index contributed by atoms with van der Waals surface area (Å²) in [6.45, 7) is -0.738. The van der Waals surface area contributed by atoms with Crippen LogP contribution in [0.3, 0.4) is 0 Å². The van der Waals surface area contributed by atoms with Crippen LogP contribution in [0.2, 0.25) is 5.02 Å². The second-order valence-electron chi connectivity index (χ2n) is 7.83. The van der Waals surface area contributed by atoms with Gasteiger partial charge < -0.3 is 5.32 Å². The first-order chi connectivity index (χ1) is 17.2.